The first kappa shape index (κ1) is 23.1. The van der Waals surface area contributed by atoms with Crippen molar-refractivity contribution in [2.45, 2.75) is 53.0 Å². The second kappa shape index (κ2) is 9.56. The topological polar surface area (TPSA) is 102 Å². The van der Waals surface area contributed by atoms with Gasteiger partial charge < -0.3 is 15.4 Å². The van der Waals surface area contributed by atoms with Crippen LogP contribution in [-0.4, -0.2) is 46.8 Å². The Kier molecular flexibility index (Phi) is 7.37. The molecule has 0 aliphatic carbocycles. The van der Waals surface area contributed by atoms with Crippen molar-refractivity contribution in [3.05, 3.63) is 46.8 Å². The number of esters is 1. The SMILES string of the molecule is COC(=O)CCc1c(C)nn(-c2ccc(C(=O)NCC(=O)NC(C)(C)C)cc2)c1C. The van der Waals surface area contributed by atoms with Crippen LogP contribution >= 0.6 is 0 Å². The molecule has 162 valence electrons. The van der Waals surface area contributed by atoms with Crippen molar-refractivity contribution in [2.75, 3.05) is 13.7 Å². The van der Waals surface area contributed by atoms with E-state index in [1.165, 1.54) is 7.11 Å². The minimum Gasteiger partial charge on any atom is -0.469 e. The summed E-state index contributed by atoms with van der Waals surface area (Å²) in [5, 5.41) is 9.98. The number of hydrogen-bond donors (Lipinski definition) is 2. The Morgan fingerprint density at radius 1 is 1.10 bits per heavy atom. The Hall–Kier alpha value is -3.16. The van der Waals surface area contributed by atoms with E-state index in [4.69, 9.17) is 4.74 Å². The molecule has 1 aromatic carbocycles. The second-order valence-corrected chi connectivity index (χ2v) is 8.17. The number of rotatable bonds is 7. The first-order valence-electron chi connectivity index (χ1n) is 9.83. The van der Waals surface area contributed by atoms with E-state index in [0.29, 0.717) is 18.4 Å². The Labute approximate surface area is 177 Å². The van der Waals surface area contributed by atoms with E-state index in [2.05, 4.69) is 15.7 Å². The first-order valence-corrected chi connectivity index (χ1v) is 9.83. The zero-order valence-corrected chi connectivity index (χ0v) is 18.5. The highest BCUT2D eigenvalue weighted by molar-refractivity contribution is 5.96. The van der Waals surface area contributed by atoms with Gasteiger partial charge in [-0.3, -0.25) is 14.4 Å². The molecule has 8 heteroatoms. The zero-order chi connectivity index (χ0) is 22.5. The molecule has 0 saturated heterocycles. The maximum Gasteiger partial charge on any atom is 0.305 e. The monoisotopic (exact) mass is 414 g/mol. The Bertz CT molecular complexity index is 924. The van der Waals surface area contributed by atoms with E-state index >= 15 is 0 Å². The smallest absolute Gasteiger partial charge is 0.305 e. The molecule has 1 heterocycles. The summed E-state index contributed by atoms with van der Waals surface area (Å²) in [6.45, 7) is 9.41. The van der Waals surface area contributed by atoms with Gasteiger partial charge in [-0.05, 0) is 70.9 Å². The fourth-order valence-electron chi connectivity index (χ4n) is 3.10. The summed E-state index contributed by atoms with van der Waals surface area (Å²) in [7, 11) is 1.38. The molecule has 0 saturated carbocycles. The number of hydrogen-bond acceptors (Lipinski definition) is 5. The van der Waals surface area contributed by atoms with Crippen molar-refractivity contribution >= 4 is 17.8 Å². The van der Waals surface area contributed by atoms with E-state index < -0.39 is 0 Å². The van der Waals surface area contributed by atoms with Crippen molar-refractivity contribution in [3.63, 3.8) is 0 Å². The summed E-state index contributed by atoms with van der Waals surface area (Å²) >= 11 is 0. The molecule has 0 aliphatic heterocycles. The zero-order valence-electron chi connectivity index (χ0n) is 18.5. The van der Waals surface area contributed by atoms with Crippen LogP contribution in [0.4, 0.5) is 0 Å². The fourth-order valence-corrected chi connectivity index (χ4v) is 3.10. The van der Waals surface area contributed by atoms with Crippen molar-refractivity contribution in [2.24, 2.45) is 0 Å². The van der Waals surface area contributed by atoms with E-state index in [1.807, 2.05) is 34.6 Å². The molecule has 2 aromatic rings. The minimum atomic E-state index is -0.348. The molecular formula is C22H30N4O4. The van der Waals surface area contributed by atoms with Gasteiger partial charge in [0.2, 0.25) is 5.91 Å². The minimum absolute atomic E-state index is 0.0845. The maximum absolute atomic E-state index is 12.3. The van der Waals surface area contributed by atoms with Crippen molar-refractivity contribution in [1.29, 1.82) is 0 Å². The molecule has 0 fully saturated rings. The second-order valence-electron chi connectivity index (χ2n) is 8.17. The van der Waals surface area contributed by atoms with Crippen LogP contribution in [0, 0.1) is 13.8 Å². The molecule has 0 bridgehead atoms. The lowest BCUT2D eigenvalue weighted by Gasteiger charge is -2.20. The molecule has 0 aliphatic rings. The van der Waals surface area contributed by atoms with Crippen molar-refractivity contribution in [3.8, 4) is 5.69 Å². The van der Waals surface area contributed by atoms with Crippen LogP contribution in [0.5, 0.6) is 0 Å². The molecule has 0 spiro atoms. The lowest BCUT2D eigenvalue weighted by atomic mass is 10.1. The predicted octanol–water partition coefficient (Wildman–Crippen LogP) is 2.24. The van der Waals surface area contributed by atoms with Crippen molar-refractivity contribution in [1.82, 2.24) is 20.4 Å². The number of carbonyl (C=O) groups excluding carboxylic acids is 3. The number of ether oxygens (including phenoxy) is 1. The average Bonchev–Trinajstić information content (AvgIpc) is 2.96. The van der Waals surface area contributed by atoms with Gasteiger partial charge in [-0.15, -0.1) is 0 Å². The van der Waals surface area contributed by atoms with Crippen LogP contribution in [0.25, 0.3) is 5.69 Å². The van der Waals surface area contributed by atoms with Crippen LogP contribution in [-0.2, 0) is 20.7 Å². The number of aromatic nitrogens is 2. The molecule has 2 rings (SSSR count). The third-order valence-electron chi connectivity index (χ3n) is 4.55. The highest BCUT2D eigenvalue weighted by Gasteiger charge is 2.16. The van der Waals surface area contributed by atoms with Crippen molar-refractivity contribution < 1.29 is 19.1 Å². The summed E-state index contributed by atoms with van der Waals surface area (Å²) in [4.78, 5) is 35.6. The van der Waals surface area contributed by atoms with Crippen LogP contribution in [0.1, 0.15) is 54.5 Å². The molecule has 0 unspecified atom stereocenters. The van der Waals surface area contributed by atoms with Gasteiger partial charge in [0.05, 0.1) is 25.0 Å². The van der Waals surface area contributed by atoms with E-state index in [1.54, 1.807) is 28.9 Å². The number of aryl methyl sites for hydroxylation is 1. The Morgan fingerprint density at radius 3 is 2.30 bits per heavy atom. The summed E-state index contributed by atoms with van der Waals surface area (Å²) < 4.78 is 6.50. The maximum atomic E-state index is 12.3. The number of benzene rings is 1. The van der Waals surface area contributed by atoms with Gasteiger partial charge in [-0.25, -0.2) is 4.68 Å². The number of nitrogens with one attached hydrogen (secondary N) is 2. The fraction of sp³-hybridized carbons (Fsp3) is 0.455. The molecule has 0 radical (unpaired) electrons. The lowest BCUT2D eigenvalue weighted by molar-refractivity contribution is -0.140. The van der Waals surface area contributed by atoms with Crippen LogP contribution < -0.4 is 10.6 Å². The van der Waals surface area contributed by atoms with Gasteiger partial charge in [0, 0.05) is 23.2 Å². The summed E-state index contributed by atoms with van der Waals surface area (Å²) in [6.07, 6.45) is 0.854. The molecule has 8 nitrogen and oxygen atoms in total. The average molecular weight is 415 g/mol. The highest BCUT2D eigenvalue weighted by Crippen LogP contribution is 2.20. The molecule has 2 N–H and O–H groups in total. The van der Waals surface area contributed by atoms with E-state index in [-0.39, 0.29) is 29.9 Å². The largest absolute Gasteiger partial charge is 0.469 e. The standard InChI is InChI=1S/C22H30N4O4/c1-14-18(11-12-20(28)30-6)15(2)26(25-14)17-9-7-16(8-10-17)21(29)23-13-19(27)24-22(3,4)5/h7-10H,11-13H2,1-6H3,(H,23,29)(H,24,27). The van der Waals surface area contributed by atoms with Crippen LogP contribution in [0.15, 0.2) is 24.3 Å². The van der Waals surface area contributed by atoms with E-state index in [9.17, 15) is 14.4 Å². The van der Waals surface area contributed by atoms with Crippen LogP contribution in [0.3, 0.4) is 0 Å². The Morgan fingerprint density at radius 2 is 1.73 bits per heavy atom. The van der Waals surface area contributed by atoms with Gasteiger partial charge >= 0.3 is 5.97 Å². The van der Waals surface area contributed by atoms with Gasteiger partial charge in [0.1, 0.15) is 0 Å². The van der Waals surface area contributed by atoms with Gasteiger partial charge in [0.25, 0.3) is 5.91 Å². The molecular weight excluding hydrogens is 384 g/mol. The molecule has 0 atom stereocenters. The lowest BCUT2D eigenvalue weighted by Crippen LogP contribution is -2.45. The Balaban J connectivity index is 2.06. The quantitative estimate of drug-likeness (QED) is 0.677. The van der Waals surface area contributed by atoms with Gasteiger partial charge in [0.15, 0.2) is 0 Å². The first-order chi connectivity index (χ1) is 14.0. The highest BCUT2D eigenvalue weighted by atomic mass is 16.5. The number of nitrogens with zero attached hydrogens (tertiary/aromatic N) is 2. The number of methoxy groups -OCH3 is 1. The summed E-state index contributed by atoms with van der Waals surface area (Å²) in [5.74, 6) is -0.819. The van der Waals surface area contributed by atoms with E-state index in [0.717, 1.165) is 22.6 Å². The summed E-state index contributed by atoms with van der Waals surface area (Å²) in [5.41, 5.74) is 3.71. The third kappa shape index (κ3) is 6.17. The molecule has 2 amide bonds. The molecule has 1 aromatic heterocycles. The van der Waals surface area contributed by atoms with Gasteiger partial charge in [-0.1, -0.05) is 0 Å². The predicted molar refractivity (Wildman–Crippen MR) is 114 cm³/mol. The molecule has 30 heavy (non-hydrogen) atoms. The normalized spacial score (nSPS) is 11.1. The van der Waals surface area contributed by atoms with Crippen LogP contribution in [0.2, 0.25) is 0 Å². The van der Waals surface area contributed by atoms with Gasteiger partial charge in [-0.2, -0.15) is 5.10 Å². The summed E-state index contributed by atoms with van der Waals surface area (Å²) in [6, 6.07) is 6.98. The number of carbonyl (C=O) groups is 3. The third-order valence-corrected chi connectivity index (χ3v) is 4.55. The number of amides is 2.